The Morgan fingerprint density at radius 1 is 1.26 bits per heavy atom. The minimum absolute atomic E-state index is 0.0107. The highest BCUT2D eigenvalue weighted by Crippen LogP contribution is 2.25. The van der Waals surface area contributed by atoms with Crippen molar-refractivity contribution in [2.45, 2.75) is 19.4 Å². The number of hydrogen-bond acceptors (Lipinski definition) is 4. The number of nitrogens with zero attached hydrogens (tertiary/aromatic N) is 4. The Morgan fingerprint density at radius 3 is 2.63 bits per heavy atom. The lowest BCUT2D eigenvalue weighted by molar-refractivity contribution is -0.131. The van der Waals surface area contributed by atoms with Gasteiger partial charge in [-0.25, -0.2) is 9.67 Å². The van der Waals surface area contributed by atoms with E-state index < -0.39 is 0 Å². The van der Waals surface area contributed by atoms with Crippen molar-refractivity contribution in [2.75, 3.05) is 14.2 Å². The number of aromatic nitrogens is 3. The average molecular weight is 385 g/mol. The van der Waals surface area contributed by atoms with Gasteiger partial charge in [0.2, 0.25) is 5.91 Å². The molecule has 2 aromatic carbocycles. The smallest absolute Gasteiger partial charge is 0.227 e. The number of methoxy groups -OCH3 is 1. The molecule has 0 bridgehead atoms. The lowest BCUT2D eigenvalue weighted by Gasteiger charge is -2.26. The van der Waals surface area contributed by atoms with Crippen LogP contribution in [-0.2, 0) is 11.2 Å². The largest absolute Gasteiger partial charge is 0.496 e. The van der Waals surface area contributed by atoms with Gasteiger partial charge in [-0.05, 0) is 42.8 Å². The van der Waals surface area contributed by atoms with E-state index in [2.05, 4.69) is 10.1 Å². The van der Waals surface area contributed by atoms with Gasteiger partial charge in [0.1, 0.15) is 18.4 Å². The first-order chi connectivity index (χ1) is 13.0. The first kappa shape index (κ1) is 18.9. The van der Waals surface area contributed by atoms with E-state index in [0.717, 1.165) is 16.8 Å². The summed E-state index contributed by atoms with van der Waals surface area (Å²) in [6, 6.07) is 13.1. The van der Waals surface area contributed by atoms with Gasteiger partial charge < -0.3 is 9.64 Å². The van der Waals surface area contributed by atoms with Crippen molar-refractivity contribution in [2.24, 2.45) is 0 Å². The topological polar surface area (TPSA) is 60.2 Å². The second-order valence-corrected chi connectivity index (χ2v) is 6.68. The van der Waals surface area contributed by atoms with Gasteiger partial charge in [-0.15, -0.1) is 0 Å². The number of hydrogen-bond donors (Lipinski definition) is 0. The van der Waals surface area contributed by atoms with Crippen molar-refractivity contribution in [3.05, 3.63) is 71.3 Å². The number of amides is 1. The highest BCUT2D eigenvalue weighted by atomic mass is 35.5. The minimum Gasteiger partial charge on any atom is -0.496 e. The van der Waals surface area contributed by atoms with Crippen LogP contribution in [0.4, 0.5) is 0 Å². The van der Waals surface area contributed by atoms with Crippen molar-refractivity contribution >= 4 is 17.5 Å². The maximum Gasteiger partial charge on any atom is 0.227 e. The van der Waals surface area contributed by atoms with Gasteiger partial charge in [0, 0.05) is 17.6 Å². The monoisotopic (exact) mass is 384 g/mol. The van der Waals surface area contributed by atoms with Crippen LogP contribution in [0.5, 0.6) is 5.75 Å². The fourth-order valence-corrected chi connectivity index (χ4v) is 3.05. The molecule has 0 spiro atoms. The van der Waals surface area contributed by atoms with Gasteiger partial charge in [-0.2, -0.15) is 5.10 Å². The van der Waals surface area contributed by atoms with E-state index in [0.29, 0.717) is 10.8 Å². The predicted molar refractivity (Wildman–Crippen MR) is 104 cm³/mol. The minimum atomic E-state index is -0.0764. The molecular formula is C20H21ClN4O2. The van der Waals surface area contributed by atoms with Gasteiger partial charge in [0.05, 0.1) is 25.3 Å². The predicted octanol–water partition coefficient (Wildman–Crippen LogP) is 3.69. The Morgan fingerprint density at radius 2 is 2.00 bits per heavy atom. The molecule has 0 aliphatic rings. The van der Waals surface area contributed by atoms with Crippen molar-refractivity contribution in [1.29, 1.82) is 0 Å². The number of likely N-dealkylation sites (N-methyl/N-ethyl adjacent to an activating group) is 1. The summed E-state index contributed by atoms with van der Waals surface area (Å²) in [5.41, 5.74) is 2.73. The number of halogens is 1. The molecule has 1 heterocycles. The average Bonchev–Trinajstić information content (AvgIpc) is 3.22. The Bertz CT molecular complexity index is 910. The van der Waals surface area contributed by atoms with Crippen LogP contribution in [-0.4, -0.2) is 39.7 Å². The van der Waals surface area contributed by atoms with Crippen molar-refractivity contribution in [1.82, 2.24) is 19.7 Å². The number of carbonyl (C=O) groups is 1. The third kappa shape index (κ3) is 4.28. The highest BCUT2D eigenvalue weighted by molar-refractivity contribution is 6.30. The van der Waals surface area contributed by atoms with Gasteiger partial charge in [0.15, 0.2) is 0 Å². The number of ether oxygens (including phenoxy) is 1. The third-order valence-electron chi connectivity index (χ3n) is 4.62. The van der Waals surface area contributed by atoms with Crippen LogP contribution in [0.2, 0.25) is 5.02 Å². The summed E-state index contributed by atoms with van der Waals surface area (Å²) in [4.78, 5) is 18.4. The van der Waals surface area contributed by atoms with Gasteiger partial charge in [0.25, 0.3) is 0 Å². The van der Waals surface area contributed by atoms with E-state index in [9.17, 15) is 4.79 Å². The molecule has 1 atom stereocenters. The summed E-state index contributed by atoms with van der Waals surface area (Å²) >= 11 is 6.06. The standard InChI is InChI=1S/C20H21ClN4O2/c1-14(15-4-7-18(8-5-15)25-13-22-12-23-25)24(2)20(26)11-16-10-17(21)6-9-19(16)27-3/h4-10,12-14H,11H2,1-3H3/t14-/m0/s1. The molecule has 1 aromatic heterocycles. The first-order valence-electron chi connectivity index (χ1n) is 8.52. The Labute approximate surface area is 163 Å². The highest BCUT2D eigenvalue weighted by Gasteiger charge is 2.19. The number of benzene rings is 2. The molecule has 0 saturated carbocycles. The number of rotatable bonds is 6. The molecule has 3 rings (SSSR count). The Hall–Kier alpha value is -2.86. The Kier molecular flexibility index (Phi) is 5.76. The lowest BCUT2D eigenvalue weighted by atomic mass is 10.0. The molecule has 0 radical (unpaired) electrons. The molecule has 7 heteroatoms. The summed E-state index contributed by atoms with van der Waals surface area (Å²) in [5, 5.41) is 4.69. The molecule has 0 unspecified atom stereocenters. The zero-order valence-corrected chi connectivity index (χ0v) is 16.2. The van der Waals surface area contributed by atoms with Crippen molar-refractivity contribution < 1.29 is 9.53 Å². The molecule has 0 N–H and O–H groups in total. The number of carbonyl (C=O) groups excluding carboxylic acids is 1. The molecule has 3 aromatic rings. The molecule has 140 valence electrons. The van der Waals surface area contributed by atoms with Gasteiger partial charge >= 0.3 is 0 Å². The molecular weight excluding hydrogens is 364 g/mol. The Balaban J connectivity index is 1.72. The maximum absolute atomic E-state index is 12.8. The van der Waals surface area contributed by atoms with Crippen LogP contribution in [0.15, 0.2) is 55.1 Å². The summed E-state index contributed by atoms with van der Waals surface area (Å²) in [6.45, 7) is 2.00. The van der Waals surface area contributed by atoms with Gasteiger partial charge in [-0.3, -0.25) is 4.79 Å². The fourth-order valence-electron chi connectivity index (χ4n) is 2.86. The second-order valence-electron chi connectivity index (χ2n) is 6.25. The van der Waals surface area contributed by atoms with Crippen LogP contribution in [0.25, 0.3) is 5.69 Å². The summed E-state index contributed by atoms with van der Waals surface area (Å²) < 4.78 is 7.02. The van der Waals surface area contributed by atoms with Crippen LogP contribution in [0, 0.1) is 0 Å². The fraction of sp³-hybridized carbons (Fsp3) is 0.250. The zero-order valence-electron chi connectivity index (χ0n) is 15.5. The van der Waals surface area contributed by atoms with Crippen molar-refractivity contribution in [3.63, 3.8) is 0 Å². The van der Waals surface area contributed by atoms with E-state index in [1.165, 1.54) is 6.33 Å². The summed E-state index contributed by atoms with van der Waals surface area (Å²) in [7, 11) is 3.38. The first-order valence-corrected chi connectivity index (χ1v) is 8.90. The molecule has 0 saturated heterocycles. The third-order valence-corrected chi connectivity index (χ3v) is 4.85. The zero-order chi connectivity index (χ0) is 19.4. The van der Waals surface area contributed by atoms with E-state index in [1.54, 1.807) is 48.3 Å². The maximum atomic E-state index is 12.8. The van der Waals surface area contributed by atoms with E-state index in [4.69, 9.17) is 16.3 Å². The summed E-state index contributed by atoms with van der Waals surface area (Å²) in [5.74, 6) is 0.648. The molecule has 27 heavy (non-hydrogen) atoms. The van der Waals surface area contributed by atoms with Gasteiger partial charge in [-0.1, -0.05) is 23.7 Å². The molecule has 1 amide bonds. The quantitative estimate of drug-likeness (QED) is 0.650. The van der Waals surface area contributed by atoms with Crippen LogP contribution in [0.1, 0.15) is 24.1 Å². The van der Waals surface area contributed by atoms with Crippen molar-refractivity contribution in [3.8, 4) is 11.4 Å². The second kappa shape index (κ2) is 8.22. The molecule has 0 fully saturated rings. The lowest BCUT2D eigenvalue weighted by Crippen LogP contribution is -2.31. The summed E-state index contributed by atoms with van der Waals surface area (Å²) in [6.07, 6.45) is 3.36. The molecule has 0 aliphatic carbocycles. The van der Waals surface area contributed by atoms with E-state index >= 15 is 0 Å². The normalized spacial score (nSPS) is 11.9. The van der Waals surface area contributed by atoms with Crippen LogP contribution >= 0.6 is 11.6 Å². The molecule has 6 nitrogen and oxygen atoms in total. The molecule has 0 aliphatic heterocycles. The SMILES string of the molecule is COc1ccc(Cl)cc1CC(=O)N(C)[C@@H](C)c1ccc(-n2cncn2)cc1. The van der Waals surface area contributed by atoms with Crippen LogP contribution < -0.4 is 4.74 Å². The van der Waals surface area contributed by atoms with E-state index in [-0.39, 0.29) is 18.4 Å². The van der Waals surface area contributed by atoms with Crippen LogP contribution in [0.3, 0.4) is 0 Å². The van der Waals surface area contributed by atoms with E-state index in [1.807, 2.05) is 31.2 Å².